The van der Waals surface area contributed by atoms with E-state index in [1.54, 1.807) is 0 Å². The van der Waals surface area contributed by atoms with Crippen molar-refractivity contribution in [3.8, 4) is 0 Å². The van der Waals surface area contributed by atoms with Crippen molar-refractivity contribution in [2.75, 3.05) is 6.54 Å². The van der Waals surface area contributed by atoms with E-state index in [0.29, 0.717) is 6.54 Å². The predicted molar refractivity (Wildman–Crippen MR) is 73.1 cm³/mol. The van der Waals surface area contributed by atoms with Crippen molar-refractivity contribution in [3.63, 3.8) is 0 Å². The lowest BCUT2D eigenvalue weighted by atomic mass is 10.1. The average Bonchev–Trinajstić information content (AvgIpc) is 2.70. The van der Waals surface area contributed by atoms with Crippen LogP contribution in [-0.4, -0.2) is 11.5 Å². The largest absolute Gasteiger partial charge is 0.440 e. The molecule has 1 aromatic carbocycles. The number of rotatable bonds is 5. The Kier molecular flexibility index (Phi) is 4.18. The van der Waals surface area contributed by atoms with Crippen LogP contribution in [-0.2, 0) is 12.8 Å². The third-order valence-corrected chi connectivity index (χ3v) is 3.27. The molecule has 0 atom stereocenters. The maximum absolute atomic E-state index is 5.72. The van der Waals surface area contributed by atoms with Crippen LogP contribution in [0.3, 0.4) is 0 Å². The Morgan fingerprint density at radius 1 is 1.35 bits per heavy atom. The summed E-state index contributed by atoms with van der Waals surface area (Å²) in [5, 5.41) is 0. The van der Waals surface area contributed by atoms with E-state index in [0.717, 1.165) is 47.1 Å². The van der Waals surface area contributed by atoms with E-state index < -0.39 is 0 Å². The summed E-state index contributed by atoms with van der Waals surface area (Å²) in [4.78, 5) is 4.50. The molecule has 1 heterocycles. The fourth-order valence-electron chi connectivity index (χ4n) is 1.89. The summed E-state index contributed by atoms with van der Waals surface area (Å²) >= 11 is 3.54. The molecule has 2 N–H and O–H groups in total. The number of hydrogen-bond donors (Lipinski definition) is 1. The van der Waals surface area contributed by atoms with Gasteiger partial charge in [-0.25, -0.2) is 4.98 Å². The smallest absolute Gasteiger partial charge is 0.195 e. The molecule has 2 aromatic rings. The molecule has 0 unspecified atom stereocenters. The zero-order chi connectivity index (χ0) is 12.3. The van der Waals surface area contributed by atoms with Gasteiger partial charge < -0.3 is 10.2 Å². The third kappa shape index (κ3) is 2.87. The maximum Gasteiger partial charge on any atom is 0.195 e. The summed E-state index contributed by atoms with van der Waals surface area (Å²) in [6, 6.07) is 4.22. The summed E-state index contributed by atoms with van der Waals surface area (Å²) in [7, 11) is 0. The van der Waals surface area contributed by atoms with Gasteiger partial charge in [0.25, 0.3) is 0 Å². The number of oxazole rings is 1. The van der Waals surface area contributed by atoms with Crippen molar-refractivity contribution < 1.29 is 4.42 Å². The fraction of sp³-hybridized carbons (Fsp3) is 0.462. The molecule has 0 fully saturated rings. The molecule has 2 rings (SSSR count). The molecular weight excluding hydrogens is 280 g/mol. The molecule has 17 heavy (non-hydrogen) atoms. The molecule has 0 bridgehead atoms. The summed E-state index contributed by atoms with van der Waals surface area (Å²) in [5.74, 6) is 0.778. The monoisotopic (exact) mass is 296 g/mol. The van der Waals surface area contributed by atoms with Crippen molar-refractivity contribution in [3.05, 3.63) is 28.1 Å². The Balaban J connectivity index is 2.35. The molecule has 3 nitrogen and oxygen atoms in total. The molecule has 0 amide bonds. The molecule has 0 saturated carbocycles. The van der Waals surface area contributed by atoms with Crippen LogP contribution in [0.25, 0.3) is 11.1 Å². The Bertz CT molecular complexity index is 507. The lowest BCUT2D eigenvalue weighted by molar-refractivity contribution is 0.520. The minimum Gasteiger partial charge on any atom is -0.440 e. The van der Waals surface area contributed by atoms with Gasteiger partial charge in [0.2, 0.25) is 0 Å². The van der Waals surface area contributed by atoms with Gasteiger partial charge in [-0.05, 0) is 53.0 Å². The van der Waals surface area contributed by atoms with Crippen molar-refractivity contribution in [1.29, 1.82) is 0 Å². The fourth-order valence-corrected chi connectivity index (χ4v) is 2.46. The predicted octanol–water partition coefficient (Wildman–Crippen LogP) is 3.43. The highest BCUT2D eigenvalue weighted by Crippen LogP contribution is 2.27. The maximum atomic E-state index is 5.72. The summed E-state index contributed by atoms with van der Waals surface area (Å²) in [6.07, 6.45) is 3.92. The van der Waals surface area contributed by atoms with Gasteiger partial charge in [0.05, 0.1) is 4.47 Å². The molecule has 0 aliphatic heterocycles. The molecule has 0 aliphatic carbocycles. The standard InChI is InChI=1S/C13H17BrN2O/c1-2-4-9-7-10(14)13-11(8-9)16-12(17-13)5-3-6-15/h7-8H,2-6,15H2,1H3. The molecule has 0 spiro atoms. The number of nitrogens with two attached hydrogens (primary N) is 1. The van der Waals surface area contributed by atoms with Crippen LogP contribution in [0.4, 0.5) is 0 Å². The van der Waals surface area contributed by atoms with Gasteiger partial charge in [-0.2, -0.15) is 0 Å². The summed E-state index contributed by atoms with van der Waals surface area (Å²) in [5.41, 5.74) is 8.57. The number of halogens is 1. The second-order valence-corrected chi connectivity index (χ2v) is 5.03. The zero-order valence-corrected chi connectivity index (χ0v) is 11.6. The highest BCUT2D eigenvalue weighted by Gasteiger charge is 2.10. The first-order valence-corrected chi connectivity index (χ1v) is 6.81. The van der Waals surface area contributed by atoms with Gasteiger partial charge in [-0.15, -0.1) is 0 Å². The van der Waals surface area contributed by atoms with E-state index in [-0.39, 0.29) is 0 Å². The minimum atomic E-state index is 0.668. The first kappa shape index (κ1) is 12.6. The van der Waals surface area contributed by atoms with Crippen LogP contribution >= 0.6 is 15.9 Å². The van der Waals surface area contributed by atoms with Crippen LogP contribution in [0.1, 0.15) is 31.2 Å². The van der Waals surface area contributed by atoms with E-state index in [4.69, 9.17) is 10.2 Å². The van der Waals surface area contributed by atoms with Crippen LogP contribution in [0.2, 0.25) is 0 Å². The molecule has 92 valence electrons. The first-order chi connectivity index (χ1) is 8.24. The summed E-state index contributed by atoms with van der Waals surface area (Å²) < 4.78 is 6.71. The highest BCUT2D eigenvalue weighted by atomic mass is 79.9. The lowest BCUT2D eigenvalue weighted by Gasteiger charge is -1.99. The number of nitrogens with zero attached hydrogens (tertiary/aromatic N) is 1. The van der Waals surface area contributed by atoms with Gasteiger partial charge in [-0.3, -0.25) is 0 Å². The third-order valence-electron chi connectivity index (χ3n) is 2.68. The number of aryl methyl sites for hydroxylation is 2. The van der Waals surface area contributed by atoms with Gasteiger partial charge in [0.15, 0.2) is 11.5 Å². The Morgan fingerprint density at radius 2 is 2.18 bits per heavy atom. The second kappa shape index (κ2) is 5.65. The molecular formula is C13H17BrN2O. The Morgan fingerprint density at radius 3 is 2.88 bits per heavy atom. The van der Waals surface area contributed by atoms with Gasteiger partial charge >= 0.3 is 0 Å². The second-order valence-electron chi connectivity index (χ2n) is 4.18. The van der Waals surface area contributed by atoms with Crippen molar-refractivity contribution >= 4 is 27.0 Å². The van der Waals surface area contributed by atoms with Gasteiger partial charge in [0.1, 0.15) is 5.52 Å². The van der Waals surface area contributed by atoms with Crippen molar-refractivity contribution in [1.82, 2.24) is 4.98 Å². The Labute approximate surface area is 110 Å². The minimum absolute atomic E-state index is 0.668. The average molecular weight is 297 g/mol. The SMILES string of the molecule is CCCc1cc(Br)c2oc(CCCN)nc2c1. The van der Waals surface area contributed by atoms with Crippen molar-refractivity contribution in [2.45, 2.75) is 32.6 Å². The lowest BCUT2D eigenvalue weighted by Crippen LogP contribution is -2.00. The quantitative estimate of drug-likeness (QED) is 0.919. The highest BCUT2D eigenvalue weighted by molar-refractivity contribution is 9.10. The van der Waals surface area contributed by atoms with Gasteiger partial charge in [-0.1, -0.05) is 13.3 Å². The molecule has 0 radical (unpaired) electrons. The number of hydrogen-bond acceptors (Lipinski definition) is 3. The molecule has 1 aromatic heterocycles. The van der Waals surface area contributed by atoms with Crippen molar-refractivity contribution in [2.24, 2.45) is 5.73 Å². The van der Waals surface area contributed by atoms with E-state index >= 15 is 0 Å². The van der Waals surface area contributed by atoms with Gasteiger partial charge in [0, 0.05) is 6.42 Å². The van der Waals surface area contributed by atoms with Crippen LogP contribution < -0.4 is 5.73 Å². The number of aromatic nitrogens is 1. The molecule has 4 heteroatoms. The normalized spacial score (nSPS) is 11.2. The van der Waals surface area contributed by atoms with Crippen LogP contribution in [0.15, 0.2) is 21.0 Å². The zero-order valence-electron chi connectivity index (χ0n) is 10.0. The van der Waals surface area contributed by atoms with Crippen LogP contribution in [0.5, 0.6) is 0 Å². The van der Waals surface area contributed by atoms with E-state index in [1.165, 1.54) is 5.56 Å². The van der Waals surface area contributed by atoms with E-state index in [2.05, 4.69) is 40.0 Å². The Hall–Kier alpha value is -0.870. The topological polar surface area (TPSA) is 52.0 Å². The van der Waals surface area contributed by atoms with E-state index in [9.17, 15) is 0 Å². The molecule has 0 aliphatic rings. The van der Waals surface area contributed by atoms with E-state index in [1.807, 2.05) is 0 Å². The molecule has 0 saturated heterocycles. The van der Waals surface area contributed by atoms with Crippen LogP contribution in [0, 0.1) is 0 Å². The number of benzene rings is 1. The first-order valence-electron chi connectivity index (χ1n) is 6.02. The number of fused-ring (bicyclic) bond motifs is 1. The summed E-state index contributed by atoms with van der Waals surface area (Å²) in [6.45, 7) is 2.84.